The molecular weight excluding hydrogens is 428 g/mol. The third-order valence-electron chi connectivity index (χ3n) is 6.57. The maximum absolute atomic E-state index is 11.6. The number of aliphatic hydroxyl groups is 1. The number of nitrogens with one attached hydrogen (secondary N) is 1. The second-order valence-electron chi connectivity index (χ2n) is 9.00. The summed E-state index contributed by atoms with van der Waals surface area (Å²) in [5.74, 6) is 1.02. The van der Waals surface area contributed by atoms with E-state index in [-0.39, 0.29) is 11.0 Å². The van der Waals surface area contributed by atoms with Gasteiger partial charge >= 0.3 is 0 Å². The lowest BCUT2D eigenvalue weighted by Gasteiger charge is -2.44. The predicted octanol–water partition coefficient (Wildman–Crippen LogP) is 2.21. The van der Waals surface area contributed by atoms with Gasteiger partial charge < -0.3 is 10.4 Å². The molecule has 0 radical (unpaired) electrons. The van der Waals surface area contributed by atoms with Gasteiger partial charge in [-0.05, 0) is 55.9 Å². The molecule has 1 aromatic carbocycles. The Balaban J connectivity index is 1.25. The standard InChI is InChI=1S/C22H28N6O3S/c1-32(30,31)20-8-4-17(5-9-20)25-22-23-10-16-11-24-28(21(16)26-22)12-15-2-6-18(7-3-15)27-13-19(29)14-27/h4-5,8-11,15,18-19,29H,2-3,6-7,12-14H2,1H3,(H,23,25,26). The summed E-state index contributed by atoms with van der Waals surface area (Å²) in [6.45, 7) is 2.48. The summed E-state index contributed by atoms with van der Waals surface area (Å²) >= 11 is 0. The number of fused-ring (bicyclic) bond motifs is 1. The van der Waals surface area contributed by atoms with Crippen LogP contribution < -0.4 is 5.32 Å². The van der Waals surface area contributed by atoms with Crippen molar-refractivity contribution in [3.05, 3.63) is 36.7 Å². The quantitative estimate of drug-likeness (QED) is 0.580. The minimum Gasteiger partial charge on any atom is -0.390 e. The van der Waals surface area contributed by atoms with Gasteiger partial charge in [0.2, 0.25) is 5.95 Å². The fraction of sp³-hybridized carbons (Fsp3) is 0.500. The second-order valence-corrected chi connectivity index (χ2v) is 11.0. The van der Waals surface area contributed by atoms with Crippen LogP contribution in [-0.2, 0) is 16.4 Å². The lowest BCUT2D eigenvalue weighted by atomic mass is 9.84. The van der Waals surface area contributed by atoms with Crippen LogP contribution in [0.2, 0.25) is 0 Å². The molecule has 170 valence electrons. The highest BCUT2D eigenvalue weighted by atomic mass is 32.2. The largest absolute Gasteiger partial charge is 0.390 e. The number of hydrogen-bond donors (Lipinski definition) is 2. The monoisotopic (exact) mass is 456 g/mol. The van der Waals surface area contributed by atoms with E-state index in [4.69, 9.17) is 0 Å². The molecule has 5 rings (SSSR count). The first kappa shape index (κ1) is 21.3. The molecule has 0 spiro atoms. The summed E-state index contributed by atoms with van der Waals surface area (Å²) in [5, 5.41) is 18.1. The molecule has 2 fully saturated rings. The lowest BCUT2D eigenvalue weighted by molar-refractivity contribution is -0.0370. The molecular formula is C22H28N6O3S. The number of anilines is 2. The average molecular weight is 457 g/mol. The normalized spacial score (nSPS) is 22.7. The molecule has 9 nitrogen and oxygen atoms in total. The maximum atomic E-state index is 11.6. The fourth-order valence-electron chi connectivity index (χ4n) is 4.70. The molecule has 2 aromatic heterocycles. The fourth-order valence-corrected chi connectivity index (χ4v) is 5.33. The van der Waals surface area contributed by atoms with Crippen molar-refractivity contribution in [2.24, 2.45) is 5.92 Å². The average Bonchev–Trinajstić information content (AvgIpc) is 3.14. The van der Waals surface area contributed by atoms with Crippen LogP contribution in [0.4, 0.5) is 11.6 Å². The summed E-state index contributed by atoms with van der Waals surface area (Å²) < 4.78 is 25.2. The number of aliphatic hydroxyl groups excluding tert-OH is 1. The molecule has 0 amide bonds. The first-order chi connectivity index (χ1) is 15.3. The Morgan fingerprint density at radius 3 is 2.47 bits per heavy atom. The van der Waals surface area contributed by atoms with Gasteiger partial charge in [0.05, 0.1) is 22.6 Å². The Labute approximate surface area is 187 Å². The van der Waals surface area contributed by atoms with E-state index in [0.717, 1.165) is 49.2 Å². The number of aromatic nitrogens is 4. The van der Waals surface area contributed by atoms with Gasteiger partial charge in [0.1, 0.15) is 0 Å². The Morgan fingerprint density at radius 1 is 1.09 bits per heavy atom. The first-order valence-corrected chi connectivity index (χ1v) is 12.9. The lowest BCUT2D eigenvalue weighted by Crippen LogP contribution is -2.56. The van der Waals surface area contributed by atoms with Crippen molar-refractivity contribution in [1.82, 2.24) is 24.6 Å². The van der Waals surface area contributed by atoms with Gasteiger partial charge in [-0.2, -0.15) is 10.1 Å². The zero-order chi connectivity index (χ0) is 22.3. The van der Waals surface area contributed by atoms with Gasteiger partial charge in [0, 0.05) is 43.8 Å². The van der Waals surface area contributed by atoms with Crippen LogP contribution in [0, 0.1) is 5.92 Å². The number of nitrogens with zero attached hydrogens (tertiary/aromatic N) is 5. The number of hydrogen-bond acceptors (Lipinski definition) is 8. The number of likely N-dealkylation sites (tertiary alicyclic amines) is 1. The third kappa shape index (κ3) is 4.48. The van der Waals surface area contributed by atoms with Gasteiger partial charge in [-0.15, -0.1) is 0 Å². The van der Waals surface area contributed by atoms with E-state index in [1.54, 1.807) is 36.7 Å². The van der Waals surface area contributed by atoms with Crippen LogP contribution >= 0.6 is 0 Å². The van der Waals surface area contributed by atoms with Crippen LogP contribution in [0.15, 0.2) is 41.6 Å². The Kier molecular flexibility index (Phi) is 5.60. The van der Waals surface area contributed by atoms with Gasteiger partial charge in [0.15, 0.2) is 15.5 Å². The first-order valence-electron chi connectivity index (χ1n) is 11.0. The molecule has 32 heavy (non-hydrogen) atoms. The maximum Gasteiger partial charge on any atom is 0.229 e. The van der Waals surface area contributed by atoms with Crippen molar-refractivity contribution in [2.75, 3.05) is 24.7 Å². The van der Waals surface area contributed by atoms with Gasteiger partial charge in [0.25, 0.3) is 0 Å². The van der Waals surface area contributed by atoms with E-state index in [1.807, 2.05) is 4.68 Å². The van der Waals surface area contributed by atoms with Gasteiger partial charge in [-0.1, -0.05) is 0 Å². The molecule has 0 bridgehead atoms. The molecule has 0 atom stereocenters. The van der Waals surface area contributed by atoms with Crippen molar-refractivity contribution < 1.29 is 13.5 Å². The molecule has 1 saturated heterocycles. The molecule has 1 saturated carbocycles. The van der Waals surface area contributed by atoms with E-state index in [2.05, 4.69) is 25.3 Å². The smallest absolute Gasteiger partial charge is 0.229 e. The highest BCUT2D eigenvalue weighted by Gasteiger charge is 2.33. The van der Waals surface area contributed by atoms with E-state index in [0.29, 0.717) is 17.9 Å². The number of rotatable bonds is 6. The summed E-state index contributed by atoms with van der Waals surface area (Å²) in [6, 6.07) is 7.15. The van der Waals surface area contributed by atoms with E-state index < -0.39 is 9.84 Å². The minimum atomic E-state index is -3.23. The van der Waals surface area contributed by atoms with Crippen molar-refractivity contribution in [3.63, 3.8) is 0 Å². The van der Waals surface area contributed by atoms with Crippen LogP contribution in [0.3, 0.4) is 0 Å². The number of sulfone groups is 1. The molecule has 1 aliphatic heterocycles. The molecule has 3 aromatic rings. The molecule has 10 heteroatoms. The van der Waals surface area contributed by atoms with Crippen molar-refractivity contribution in [3.8, 4) is 0 Å². The van der Waals surface area contributed by atoms with Crippen molar-refractivity contribution in [2.45, 2.75) is 49.3 Å². The van der Waals surface area contributed by atoms with E-state index >= 15 is 0 Å². The molecule has 2 N–H and O–H groups in total. The van der Waals surface area contributed by atoms with E-state index in [9.17, 15) is 13.5 Å². The summed E-state index contributed by atoms with van der Waals surface area (Å²) in [5.41, 5.74) is 1.51. The van der Waals surface area contributed by atoms with Crippen LogP contribution in [0.1, 0.15) is 25.7 Å². The highest BCUT2D eigenvalue weighted by Crippen LogP contribution is 2.31. The summed E-state index contributed by atoms with van der Waals surface area (Å²) in [7, 11) is -3.23. The van der Waals surface area contributed by atoms with Crippen molar-refractivity contribution in [1.29, 1.82) is 0 Å². The van der Waals surface area contributed by atoms with Crippen LogP contribution in [-0.4, -0.2) is 69.7 Å². The minimum absolute atomic E-state index is 0.136. The number of benzene rings is 1. The van der Waals surface area contributed by atoms with E-state index in [1.165, 1.54) is 19.1 Å². The molecule has 2 aliphatic rings. The Bertz CT molecular complexity index is 1200. The third-order valence-corrected chi connectivity index (χ3v) is 7.70. The molecule has 0 unspecified atom stereocenters. The van der Waals surface area contributed by atoms with Crippen LogP contribution in [0.25, 0.3) is 11.0 Å². The zero-order valence-corrected chi connectivity index (χ0v) is 18.9. The predicted molar refractivity (Wildman–Crippen MR) is 121 cm³/mol. The summed E-state index contributed by atoms with van der Waals surface area (Å²) in [6.07, 6.45) is 9.25. The van der Waals surface area contributed by atoms with Crippen molar-refractivity contribution >= 4 is 32.5 Å². The zero-order valence-electron chi connectivity index (χ0n) is 18.1. The summed E-state index contributed by atoms with van der Waals surface area (Å²) in [4.78, 5) is 11.7. The Morgan fingerprint density at radius 2 is 1.81 bits per heavy atom. The van der Waals surface area contributed by atoms with Crippen LogP contribution in [0.5, 0.6) is 0 Å². The molecule has 3 heterocycles. The second kappa shape index (κ2) is 8.42. The SMILES string of the molecule is CS(=O)(=O)c1ccc(Nc2ncc3cnn(CC4CCC(N5CC(O)C5)CC4)c3n2)cc1. The van der Waals surface area contributed by atoms with Gasteiger partial charge in [-0.3, -0.25) is 4.90 Å². The number of β-amino-alcohol motifs (C(OH)–C–C–N with tert-alkyl or cyclic N) is 1. The Hall–Kier alpha value is -2.56. The topological polar surface area (TPSA) is 113 Å². The van der Waals surface area contributed by atoms with Gasteiger partial charge in [-0.25, -0.2) is 18.1 Å². The highest BCUT2D eigenvalue weighted by molar-refractivity contribution is 7.90. The molecule has 1 aliphatic carbocycles.